The standard InChI is InChI=1S/C20H21F2N3O5S/c1-12(26)23-10-16-11-25(20(27)30-16)15-5-6-17(19(22)8-15)13-3-4-14(18(21)7-13)9-24-31(2,28)29/h3-8,16,24H,9-11H2,1-2H3,(H,23,26). The molecule has 1 aliphatic heterocycles. The fourth-order valence-electron chi connectivity index (χ4n) is 3.07. The zero-order valence-corrected chi connectivity index (χ0v) is 17.6. The van der Waals surface area contributed by atoms with E-state index in [1.165, 1.54) is 36.1 Å². The summed E-state index contributed by atoms with van der Waals surface area (Å²) in [5.41, 5.74) is 0.770. The number of ether oxygens (including phenoxy) is 1. The molecule has 1 unspecified atom stereocenters. The summed E-state index contributed by atoms with van der Waals surface area (Å²) in [6.45, 7) is 1.43. The molecule has 166 valence electrons. The first-order chi connectivity index (χ1) is 14.5. The molecular formula is C20H21F2N3O5S. The number of nitrogens with zero attached hydrogens (tertiary/aromatic N) is 1. The first kappa shape index (κ1) is 22.6. The van der Waals surface area contributed by atoms with Crippen molar-refractivity contribution in [3.05, 3.63) is 53.6 Å². The summed E-state index contributed by atoms with van der Waals surface area (Å²) in [4.78, 5) is 24.3. The van der Waals surface area contributed by atoms with Crippen molar-refractivity contribution in [3.63, 3.8) is 0 Å². The molecule has 3 rings (SSSR count). The highest BCUT2D eigenvalue weighted by Crippen LogP contribution is 2.30. The monoisotopic (exact) mass is 453 g/mol. The lowest BCUT2D eigenvalue weighted by Crippen LogP contribution is -2.33. The van der Waals surface area contributed by atoms with E-state index in [0.717, 1.165) is 18.4 Å². The van der Waals surface area contributed by atoms with Crippen LogP contribution in [0.3, 0.4) is 0 Å². The number of carbonyl (C=O) groups excluding carboxylic acids is 2. The number of hydrogen-bond donors (Lipinski definition) is 2. The normalized spacial score (nSPS) is 16.3. The summed E-state index contributed by atoms with van der Waals surface area (Å²) in [7, 11) is -3.48. The molecule has 0 bridgehead atoms. The number of hydrogen-bond acceptors (Lipinski definition) is 5. The van der Waals surface area contributed by atoms with Crippen LogP contribution in [0.2, 0.25) is 0 Å². The number of sulfonamides is 1. The topological polar surface area (TPSA) is 105 Å². The van der Waals surface area contributed by atoms with Crippen molar-refractivity contribution in [1.82, 2.24) is 10.0 Å². The Labute approximate surface area is 178 Å². The molecule has 0 saturated carbocycles. The predicted molar refractivity (Wildman–Crippen MR) is 110 cm³/mol. The zero-order chi connectivity index (χ0) is 22.8. The summed E-state index contributed by atoms with van der Waals surface area (Å²) in [5.74, 6) is -1.60. The van der Waals surface area contributed by atoms with Gasteiger partial charge in [0.15, 0.2) is 0 Å². The molecule has 1 saturated heterocycles. The fraction of sp³-hybridized carbons (Fsp3) is 0.300. The molecule has 1 heterocycles. The molecule has 11 heteroatoms. The second-order valence-electron chi connectivity index (χ2n) is 7.12. The minimum atomic E-state index is -3.48. The van der Waals surface area contributed by atoms with Crippen LogP contribution in [-0.4, -0.2) is 45.9 Å². The molecule has 2 aromatic rings. The van der Waals surface area contributed by atoms with E-state index in [4.69, 9.17) is 4.74 Å². The van der Waals surface area contributed by atoms with E-state index in [-0.39, 0.29) is 47.9 Å². The zero-order valence-electron chi connectivity index (χ0n) is 16.8. The lowest BCUT2D eigenvalue weighted by Gasteiger charge is -2.15. The van der Waals surface area contributed by atoms with Crippen LogP contribution in [0, 0.1) is 11.6 Å². The van der Waals surface area contributed by atoms with E-state index in [1.807, 2.05) is 0 Å². The second kappa shape index (κ2) is 8.98. The summed E-state index contributed by atoms with van der Waals surface area (Å²) in [6, 6.07) is 8.05. The minimum absolute atomic E-state index is 0.118. The Morgan fingerprint density at radius 1 is 1.19 bits per heavy atom. The molecular weight excluding hydrogens is 432 g/mol. The summed E-state index contributed by atoms with van der Waals surface area (Å²) in [6.07, 6.45) is -0.244. The second-order valence-corrected chi connectivity index (χ2v) is 8.95. The number of nitrogens with one attached hydrogen (secondary N) is 2. The van der Waals surface area contributed by atoms with Crippen molar-refractivity contribution in [2.75, 3.05) is 24.2 Å². The van der Waals surface area contributed by atoms with Crippen molar-refractivity contribution in [2.45, 2.75) is 19.6 Å². The molecule has 1 aliphatic rings. The molecule has 0 aromatic heterocycles. The average Bonchev–Trinajstić information content (AvgIpc) is 3.05. The third kappa shape index (κ3) is 5.76. The maximum absolute atomic E-state index is 14.8. The molecule has 0 spiro atoms. The van der Waals surface area contributed by atoms with E-state index in [9.17, 15) is 26.8 Å². The highest BCUT2D eigenvalue weighted by Gasteiger charge is 2.32. The highest BCUT2D eigenvalue weighted by atomic mass is 32.2. The van der Waals surface area contributed by atoms with Crippen LogP contribution in [0.15, 0.2) is 36.4 Å². The van der Waals surface area contributed by atoms with Gasteiger partial charge in [-0.25, -0.2) is 26.7 Å². The summed E-state index contributed by atoms with van der Waals surface area (Å²) >= 11 is 0. The van der Waals surface area contributed by atoms with Crippen LogP contribution in [0.5, 0.6) is 0 Å². The van der Waals surface area contributed by atoms with E-state index >= 15 is 0 Å². The molecule has 0 radical (unpaired) electrons. The largest absolute Gasteiger partial charge is 0.442 e. The van der Waals surface area contributed by atoms with Crippen molar-refractivity contribution in [2.24, 2.45) is 0 Å². The van der Waals surface area contributed by atoms with Crippen LogP contribution in [0.4, 0.5) is 19.3 Å². The quantitative estimate of drug-likeness (QED) is 0.669. The lowest BCUT2D eigenvalue weighted by atomic mass is 10.0. The van der Waals surface area contributed by atoms with Gasteiger partial charge in [0.2, 0.25) is 15.9 Å². The van der Waals surface area contributed by atoms with Crippen molar-refractivity contribution < 1.29 is 31.5 Å². The minimum Gasteiger partial charge on any atom is -0.442 e. The van der Waals surface area contributed by atoms with Gasteiger partial charge < -0.3 is 10.1 Å². The number of carbonyl (C=O) groups is 2. The van der Waals surface area contributed by atoms with Crippen molar-refractivity contribution in [3.8, 4) is 11.1 Å². The van der Waals surface area contributed by atoms with Gasteiger partial charge in [-0.3, -0.25) is 9.69 Å². The van der Waals surface area contributed by atoms with E-state index in [0.29, 0.717) is 0 Å². The SMILES string of the molecule is CC(=O)NCC1CN(c2ccc(-c3ccc(CNS(C)(=O)=O)c(F)c3)c(F)c2)C(=O)O1. The Kier molecular flexibility index (Phi) is 6.56. The number of anilines is 1. The maximum atomic E-state index is 14.8. The lowest BCUT2D eigenvalue weighted by molar-refractivity contribution is -0.119. The number of rotatable bonds is 7. The Bertz CT molecular complexity index is 1120. The first-order valence-corrected chi connectivity index (χ1v) is 11.2. The number of benzene rings is 2. The van der Waals surface area contributed by atoms with Gasteiger partial charge in [0.1, 0.15) is 17.7 Å². The summed E-state index contributed by atoms with van der Waals surface area (Å²) < 4.78 is 58.8. The number of amides is 2. The van der Waals surface area contributed by atoms with Gasteiger partial charge in [-0.2, -0.15) is 0 Å². The first-order valence-electron chi connectivity index (χ1n) is 9.29. The van der Waals surface area contributed by atoms with Crippen LogP contribution >= 0.6 is 0 Å². The molecule has 0 aliphatic carbocycles. The maximum Gasteiger partial charge on any atom is 0.414 e. The van der Waals surface area contributed by atoms with Gasteiger partial charge in [-0.15, -0.1) is 0 Å². The Morgan fingerprint density at radius 3 is 2.55 bits per heavy atom. The van der Waals surface area contributed by atoms with Gasteiger partial charge in [-0.05, 0) is 29.8 Å². The third-order valence-corrected chi connectivity index (χ3v) is 5.27. The molecule has 2 N–H and O–H groups in total. The van der Waals surface area contributed by atoms with Crippen LogP contribution in [0.25, 0.3) is 11.1 Å². The van der Waals surface area contributed by atoms with E-state index in [2.05, 4.69) is 10.0 Å². The highest BCUT2D eigenvalue weighted by molar-refractivity contribution is 7.88. The Balaban J connectivity index is 1.76. The van der Waals surface area contributed by atoms with Crippen LogP contribution < -0.4 is 14.9 Å². The van der Waals surface area contributed by atoms with Crippen molar-refractivity contribution in [1.29, 1.82) is 0 Å². The van der Waals surface area contributed by atoms with Gasteiger partial charge in [0.25, 0.3) is 0 Å². The molecule has 2 amide bonds. The van der Waals surface area contributed by atoms with Crippen LogP contribution in [0.1, 0.15) is 12.5 Å². The fourth-order valence-corrected chi connectivity index (χ4v) is 3.49. The van der Waals surface area contributed by atoms with Gasteiger partial charge in [-0.1, -0.05) is 12.1 Å². The van der Waals surface area contributed by atoms with Crippen LogP contribution in [-0.2, 0) is 26.1 Å². The van der Waals surface area contributed by atoms with Gasteiger partial charge in [0, 0.05) is 24.6 Å². The van der Waals surface area contributed by atoms with Gasteiger partial charge >= 0.3 is 6.09 Å². The summed E-state index contributed by atoms with van der Waals surface area (Å²) in [5, 5.41) is 2.56. The molecule has 1 fully saturated rings. The molecule has 31 heavy (non-hydrogen) atoms. The van der Waals surface area contributed by atoms with Crippen molar-refractivity contribution >= 4 is 27.7 Å². The average molecular weight is 453 g/mol. The molecule has 1 atom stereocenters. The predicted octanol–water partition coefficient (Wildman–Crippen LogP) is 2.14. The van der Waals surface area contributed by atoms with Gasteiger partial charge in [0.05, 0.1) is 25.0 Å². The van der Waals surface area contributed by atoms with E-state index < -0.39 is 33.9 Å². The smallest absolute Gasteiger partial charge is 0.414 e. The molecule has 2 aromatic carbocycles. The third-order valence-electron chi connectivity index (χ3n) is 4.61. The Morgan fingerprint density at radius 2 is 1.94 bits per heavy atom. The molecule has 8 nitrogen and oxygen atoms in total. The number of cyclic esters (lactones) is 1. The number of halogens is 2. The van der Waals surface area contributed by atoms with E-state index in [1.54, 1.807) is 0 Å². The Hall–Kier alpha value is -3.05.